The van der Waals surface area contributed by atoms with E-state index in [4.69, 9.17) is 32.0 Å². The van der Waals surface area contributed by atoms with Crippen LogP contribution in [0, 0.1) is 0 Å². The van der Waals surface area contributed by atoms with Gasteiger partial charge in [-0.25, -0.2) is 4.79 Å². The molecule has 146 valence electrons. The molecule has 0 saturated carbocycles. The summed E-state index contributed by atoms with van der Waals surface area (Å²) in [6.07, 6.45) is 2.69. The first-order valence-corrected chi connectivity index (χ1v) is 9.15. The lowest BCUT2D eigenvalue weighted by Gasteiger charge is -2.25. The number of urea groups is 1. The van der Waals surface area contributed by atoms with Gasteiger partial charge in [0.1, 0.15) is 22.9 Å². The Morgan fingerprint density at radius 1 is 1.03 bits per heavy atom. The lowest BCUT2D eigenvalue weighted by molar-refractivity contribution is -0.130. The van der Waals surface area contributed by atoms with Gasteiger partial charge in [-0.1, -0.05) is 29.3 Å². The highest BCUT2D eigenvalue weighted by atomic mass is 35.5. The summed E-state index contributed by atoms with van der Waals surface area (Å²) in [5.41, 5.74) is 0.326. The molecule has 4 amide bonds. The number of hydrogen-bond donors (Lipinski definition) is 1. The van der Waals surface area contributed by atoms with E-state index < -0.39 is 17.8 Å². The van der Waals surface area contributed by atoms with Gasteiger partial charge in [-0.05, 0) is 42.5 Å². The zero-order valence-corrected chi connectivity index (χ0v) is 16.2. The first-order chi connectivity index (χ1) is 13.9. The minimum absolute atomic E-state index is 0.107. The van der Waals surface area contributed by atoms with E-state index in [1.807, 2.05) is 0 Å². The van der Waals surface area contributed by atoms with E-state index in [0.29, 0.717) is 27.1 Å². The fourth-order valence-corrected chi connectivity index (χ4v) is 3.20. The molecule has 29 heavy (non-hydrogen) atoms. The van der Waals surface area contributed by atoms with Crippen molar-refractivity contribution >= 4 is 47.1 Å². The number of furan rings is 2. The summed E-state index contributed by atoms with van der Waals surface area (Å²) in [5, 5.41) is 2.83. The molecule has 4 rings (SSSR count). The van der Waals surface area contributed by atoms with Gasteiger partial charge in [-0.15, -0.1) is 0 Å². The molecule has 7 nitrogen and oxygen atoms in total. The van der Waals surface area contributed by atoms with E-state index in [0.717, 1.165) is 4.90 Å². The molecule has 0 aliphatic carbocycles. The van der Waals surface area contributed by atoms with Crippen LogP contribution in [0.15, 0.2) is 63.1 Å². The van der Waals surface area contributed by atoms with Crippen LogP contribution in [0.3, 0.4) is 0 Å². The number of imide groups is 2. The topological polar surface area (TPSA) is 92.8 Å². The average molecular weight is 431 g/mol. The number of barbiturate groups is 1. The van der Waals surface area contributed by atoms with Crippen molar-refractivity contribution in [3.8, 4) is 11.3 Å². The van der Waals surface area contributed by atoms with Crippen molar-refractivity contribution in [2.24, 2.45) is 0 Å². The number of benzene rings is 1. The zero-order valence-electron chi connectivity index (χ0n) is 14.6. The normalized spacial score (nSPS) is 15.9. The molecule has 1 aliphatic rings. The second kappa shape index (κ2) is 7.62. The lowest BCUT2D eigenvalue weighted by atomic mass is 10.1. The van der Waals surface area contributed by atoms with Crippen molar-refractivity contribution in [1.29, 1.82) is 0 Å². The third kappa shape index (κ3) is 3.70. The smallest absolute Gasteiger partial charge is 0.331 e. The SMILES string of the molecule is O=C1NC(=O)N(Cc2ccco2)C(=O)/C1=C\c1ccc(-c2cccc(Cl)c2Cl)o1. The first-order valence-electron chi connectivity index (χ1n) is 8.39. The second-order valence-corrected chi connectivity index (χ2v) is 6.88. The van der Waals surface area contributed by atoms with Gasteiger partial charge in [0.15, 0.2) is 0 Å². The van der Waals surface area contributed by atoms with Gasteiger partial charge in [0.2, 0.25) is 0 Å². The molecule has 3 aromatic rings. The Hall–Kier alpha value is -3.29. The van der Waals surface area contributed by atoms with Crippen LogP contribution >= 0.6 is 23.2 Å². The number of carbonyl (C=O) groups is 3. The van der Waals surface area contributed by atoms with Gasteiger partial charge in [0.25, 0.3) is 11.8 Å². The summed E-state index contributed by atoms with van der Waals surface area (Å²) in [7, 11) is 0. The second-order valence-electron chi connectivity index (χ2n) is 6.09. The fraction of sp³-hybridized carbons (Fsp3) is 0.0500. The van der Waals surface area contributed by atoms with Gasteiger partial charge in [-0.3, -0.25) is 19.8 Å². The van der Waals surface area contributed by atoms with Crippen LogP contribution in [0.4, 0.5) is 4.79 Å². The zero-order chi connectivity index (χ0) is 20.5. The van der Waals surface area contributed by atoms with E-state index >= 15 is 0 Å². The van der Waals surface area contributed by atoms with E-state index in [1.165, 1.54) is 12.3 Å². The summed E-state index contributed by atoms with van der Waals surface area (Å²) in [6.45, 7) is -0.107. The molecule has 1 aromatic carbocycles. The van der Waals surface area contributed by atoms with Crippen LogP contribution < -0.4 is 5.32 Å². The highest BCUT2D eigenvalue weighted by Gasteiger charge is 2.36. The molecular formula is C20H12Cl2N2O5. The van der Waals surface area contributed by atoms with Crippen molar-refractivity contribution in [2.75, 3.05) is 0 Å². The standard InChI is InChI=1S/C20H12Cl2N2O5/c21-15-5-1-4-13(17(15)22)16-7-6-11(29-16)9-14-18(25)23-20(27)24(19(14)26)10-12-3-2-8-28-12/h1-9H,10H2,(H,23,25,27)/b14-9-. The van der Waals surface area contributed by atoms with Crippen molar-refractivity contribution in [3.05, 3.63) is 75.9 Å². The fourth-order valence-electron chi connectivity index (χ4n) is 2.81. The Bertz CT molecular complexity index is 1150. The van der Waals surface area contributed by atoms with Gasteiger partial charge in [0, 0.05) is 5.56 Å². The summed E-state index contributed by atoms with van der Waals surface area (Å²) in [6, 6.07) is 10.7. The summed E-state index contributed by atoms with van der Waals surface area (Å²) in [4.78, 5) is 37.8. The molecule has 0 atom stereocenters. The number of amides is 4. The predicted molar refractivity (Wildman–Crippen MR) is 105 cm³/mol. The maximum absolute atomic E-state index is 12.7. The van der Waals surface area contributed by atoms with Crippen molar-refractivity contribution in [3.63, 3.8) is 0 Å². The molecule has 1 N–H and O–H groups in total. The number of hydrogen-bond acceptors (Lipinski definition) is 5. The van der Waals surface area contributed by atoms with Crippen LogP contribution in [0.1, 0.15) is 11.5 Å². The van der Waals surface area contributed by atoms with Crippen LogP contribution in [0.5, 0.6) is 0 Å². The minimum Gasteiger partial charge on any atom is -0.467 e. The van der Waals surface area contributed by atoms with Gasteiger partial charge in [0.05, 0.1) is 22.9 Å². The highest BCUT2D eigenvalue weighted by molar-refractivity contribution is 6.43. The Labute approximate surface area is 174 Å². The van der Waals surface area contributed by atoms with Gasteiger partial charge < -0.3 is 8.83 Å². The molecule has 0 radical (unpaired) electrons. The van der Waals surface area contributed by atoms with Crippen LogP contribution in [0.25, 0.3) is 17.4 Å². The van der Waals surface area contributed by atoms with Crippen molar-refractivity contribution < 1.29 is 23.2 Å². The van der Waals surface area contributed by atoms with Crippen LogP contribution in [0.2, 0.25) is 10.0 Å². The predicted octanol–water partition coefficient (Wildman–Crippen LogP) is 4.51. The van der Waals surface area contributed by atoms with Crippen molar-refractivity contribution in [1.82, 2.24) is 10.2 Å². The molecule has 0 unspecified atom stereocenters. The Kier molecular flexibility index (Phi) is 5.00. The number of carbonyl (C=O) groups excluding carboxylic acids is 3. The third-order valence-electron chi connectivity index (χ3n) is 4.21. The Morgan fingerprint density at radius 3 is 2.62 bits per heavy atom. The quantitative estimate of drug-likeness (QED) is 0.485. The number of rotatable bonds is 4. The molecule has 0 bridgehead atoms. The Balaban J connectivity index is 1.64. The largest absolute Gasteiger partial charge is 0.467 e. The molecule has 1 saturated heterocycles. The molecular weight excluding hydrogens is 419 g/mol. The van der Waals surface area contributed by atoms with E-state index in [9.17, 15) is 14.4 Å². The molecule has 1 aliphatic heterocycles. The monoisotopic (exact) mass is 430 g/mol. The molecule has 9 heteroatoms. The van der Waals surface area contributed by atoms with Crippen LogP contribution in [-0.4, -0.2) is 22.7 Å². The average Bonchev–Trinajstić information content (AvgIpc) is 3.36. The van der Waals surface area contributed by atoms with Crippen LogP contribution in [-0.2, 0) is 16.1 Å². The summed E-state index contributed by atoms with van der Waals surface area (Å²) in [5.74, 6) is -0.514. The van der Waals surface area contributed by atoms with Gasteiger partial charge in [-0.2, -0.15) is 0 Å². The van der Waals surface area contributed by atoms with E-state index in [2.05, 4.69) is 5.32 Å². The number of halogens is 2. The summed E-state index contributed by atoms with van der Waals surface area (Å²) >= 11 is 12.2. The molecule has 1 fully saturated rings. The highest BCUT2D eigenvalue weighted by Crippen LogP contribution is 2.34. The Morgan fingerprint density at radius 2 is 1.86 bits per heavy atom. The maximum Gasteiger partial charge on any atom is 0.331 e. The maximum atomic E-state index is 12.7. The molecule has 0 spiro atoms. The van der Waals surface area contributed by atoms with Gasteiger partial charge >= 0.3 is 6.03 Å². The third-order valence-corrected chi connectivity index (χ3v) is 5.03. The number of nitrogens with zero attached hydrogens (tertiary/aromatic N) is 1. The molecule has 3 heterocycles. The lowest BCUT2D eigenvalue weighted by Crippen LogP contribution is -2.53. The minimum atomic E-state index is -0.820. The molecule has 2 aromatic heterocycles. The first kappa shape index (κ1) is 19.0. The number of nitrogens with one attached hydrogen (secondary N) is 1. The van der Waals surface area contributed by atoms with E-state index in [1.54, 1.807) is 42.5 Å². The van der Waals surface area contributed by atoms with E-state index in [-0.39, 0.29) is 17.9 Å². The van der Waals surface area contributed by atoms with Crippen molar-refractivity contribution in [2.45, 2.75) is 6.54 Å². The summed E-state index contributed by atoms with van der Waals surface area (Å²) < 4.78 is 10.9.